The third kappa shape index (κ3) is 5.13. The summed E-state index contributed by atoms with van der Waals surface area (Å²) in [4.78, 5) is 36.7. The van der Waals surface area contributed by atoms with Crippen LogP contribution in [0.15, 0.2) is 30.3 Å². The third-order valence-electron chi connectivity index (χ3n) is 4.80. The van der Waals surface area contributed by atoms with E-state index < -0.39 is 16.8 Å². The van der Waals surface area contributed by atoms with E-state index in [0.29, 0.717) is 22.0 Å². The minimum atomic E-state index is -0.485. The first kappa shape index (κ1) is 21.7. The average molecular weight is 429 g/mol. The zero-order valence-electron chi connectivity index (χ0n) is 17.1. The first-order valence-electron chi connectivity index (χ1n) is 9.83. The van der Waals surface area contributed by atoms with Crippen molar-refractivity contribution in [2.45, 2.75) is 46.1 Å². The number of non-ortho nitro benzene ring substituents is 1. The molecular formula is C22H24N2O5S. The van der Waals surface area contributed by atoms with Crippen LogP contribution in [0.2, 0.25) is 0 Å². The zero-order valence-corrected chi connectivity index (χ0v) is 18.0. The zero-order chi connectivity index (χ0) is 21.8. The standard InChI is InChI=1S/C22H24N2O5S/c1-13(2)29-22(26)20-17-9-7-14(3)11-18(17)30-21(20)23-19(25)10-8-15-5-4-6-16(12-15)24(27)28/h4-6,8,10,12-14H,7,9,11H2,1-3H3,(H,23,25)/b10-8+. The van der Waals surface area contributed by atoms with Gasteiger partial charge in [0.05, 0.1) is 16.6 Å². The predicted molar refractivity (Wildman–Crippen MR) is 117 cm³/mol. The van der Waals surface area contributed by atoms with E-state index in [1.165, 1.54) is 35.6 Å². The summed E-state index contributed by atoms with van der Waals surface area (Å²) in [5, 5.41) is 14.2. The number of rotatable bonds is 6. The molecule has 1 atom stereocenters. The van der Waals surface area contributed by atoms with Gasteiger partial charge in [0.25, 0.3) is 5.69 Å². The van der Waals surface area contributed by atoms with Gasteiger partial charge in [-0.1, -0.05) is 19.1 Å². The Labute approximate surface area is 178 Å². The Morgan fingerprint density at radius 2 is 2.13 bits per heavy atom. The van der Waals surface area contributed by atoms with Crippen molar-refractivity contribution in [1.29, 1.82) is 0 Å². The van der Waals surface area contributed by atoms with Gasteiger partial charge in [0.2, 0.25) is 5.91 Å². The van der Waals surface area contributed by atoms with Crippen LogP contribution in [0.1, 0.15) is 53.6 Å². The van der Waals surface area contributed by atoms with Crippen LogP contribution in [0.25, 0.3) is 6.08 Å². The molecule has 0 saturated carbocycles. The second-order valence-electron chi connectivity index (χ2n) is 7.68. The number of carbonyl (C=O) groups excluding carboxylic acids is 2. The van der Waals surface area contributed by atoms with Crippen LogP contribution in [0, 0.1) is 16.0 Å². The Balaban J connectivity index is 1.83. The van der Waals surface area contributed by atoms with Crippen LogP contribution in [0.4, 0.5) is 10.7 Å². The fourth-order valence-corrected chi connectivity index (χ4v) is 4.80. The number of thiophene rings is 1. The maximum Gasteiger partial charge on any atom is 0.341 e. The highest BCUT2D eigenvalue weighted by Crippen LogP contribution is 2.40. The molecule has 0 bridgehead atoms. The van der Waals surface area contributed by atoms with Gasteiger partial charge in [0.15, 0.2) is 0 Å². The monoisotopic (exact) mass is 428 g/mol. The highest BCUT2D eigenvalue weighted by molar-refractivity contribution is 7.17. The molecule has 1 aromatic carbocycles. The van der Waals surface area contributed by atoms with Crippen molar-refractivity contribution >= 4 is 40.0 Å². The van der Waals surface area contributed by atoms with E-state index in [2.05, 4.69) is 12.2 Å². The molecule has 1 heterocycles. The summed E-state index contributed by atoms with van der Waals surface area (Å²) >= 11 is 1.42. The number of hydrogen-bond donors (Lipinski definition) is 1. The SMILES string of the molecule is CC1CCc2c(sc(NC(=O)/C=C/c3cccc([N+](=O)[O-])c3)c2C(=O)OC(C)C)C1. The summed E-state index contributed by atoms with van der Waals surface area (Å²) in [5.74, 6) is -0.302. The molecule has 0 radical (unpaired) electrons. The van der Waals surface area contributed by atoms with Crippen LogP contribution in [0.5, 0.6) is 0 Å². The van der Waals surface area contributed by atoms with Crippen molar-refractivity contribution < 1.29 is 19.2 Å². The van der Waals surface area contributed by atoms with Crippen molar-refractivity contribution in [2.24, 2.45) is 5.92 Å². The summed E-state index contributed by atoms with van der Waals surface area (Å²) in [6.45, 7) is 5.76. The first-order valence-corrected chi connectivity index (χ1v) is 10.6. The number of nitro groups is 1. The Morgan fingerprint density at radius 3 is 2.83 bits per heavy atom. The molecule has 1 aromatic heterocycles. The van der Waals surface area contributed by atoms with Gasteiger partial charge in [-0.15, -0.1) is 11.3 Å². The molecule has 1 unspecified atom stereocenters. The molecule has 3 rings (SSSR count). The molecule has 2 aromatic rings. The van der Waals surface area contributed by atoms with Crippen molar-refractivity contribution in [3.05, 3.63) is 62.0 Å². The lowest BCUT2D eigenvalue weighted by molar-refractivity contribution is -0.384. The van der Waals surface area contributed by atoms with E-state index in [1.807, 2.05) is 0 Å². The molecular weight excluding hydrogens is 404 g/mol. The van der Waals surface area contributed by atoms with Crippen molar-refractivity contribution in [3.63, 3.8) is 0 Å². The molecule has 1 aliphatic rings. The van der Waals surface area contributed by atoms with Gasteiger partial charge in [0.1, 0.15) is 5.00 Å². The molecule has 30 heavy (non-hydrogen) atoms. The normalized spacial score (nSPS) is 15.8. The van der Waals surface area contributed by atoms with E-state index in [0.717, 1.165) is 29.7 Å². The van der Waals surface area contributed by atoms with Gasteiger partial charge in [-0.3, -0.25) is 14.9 Å². The number of anilines is 1. The number of fused-ring (bicyclic) bond motifs is 1. The number of nitrogens with one attached hydrogen (secondary N) is 1. The highest BCUT2D eigenvalue weighted by Gasteiger charge is 2.29. The summed E-state index contributed by atoms with van der Waals surface area (Å²) in [5.41, 5.74) is 1.92. The number of carbonyl (C=O) groups is 2. The van der Waals surface area contributed by atoms with Crippen molar-refractivity contribution in [3.8, 4) is 0 Å². The third-order valence-corrected chi connectivity index (χ3v) is 5.97. The Kier molecular flexibility index (Phi) is 6.66. The number of hydrogen-bond acceptors (Lipinski definition) is 6. The number of nitrogens with zero attached hydrogens (tertiary/aromatic N) is 1. The number of nitro benzene ring substituents is 1. The van der Waals surface area contributed by atoms with E-state index in [9.17, 15) is 19.7 Å². The molecule has 7 nitrogen and oxygen atoms in total. The topological polar surface area (TPSA) is 98.5 Å². The van der Waals surface area contributed by atoms with Gasteiger partial charge < -0.3 is 10.1 Å². The molecule has 158 valence electrons. The second kappa shape index (κ2) is 9.21. The number of benzene rings is 1. The maximum absolute atomic E-state index is 12.7. The number of amides is 1. The molecule has 8 heteroatoms. The predicted octanol–water partition coefficient (Wildman–Crippen LogP) is 5.00. The lowest BCUT2D eigenvalue weighted by Crippen LogP contribution is -2.18. The van der Waals surface area contributed by atoms with Crippen LogP contribution in [-0.2, 0) is 22.4 Å². The maximum atomic E-state index is 12.7. The van der Waals surface area contributed by atoms with E-state index in [-0.39, 0.29) is 11.8 Å². The van der Waals surface area contributed by atoms with E-state index in [4.69, 9.17) is 4.74 Å². The summed E-state index contributed by atoms with van der Waals surface area (Å²) in [7, 11) is 0. The smallest absolute Gasteiger partial charge is 0.341 e. The summed E-state index contributed by atoms with van der Waals surface area (Å²) in [6.07, 6.45) is 5.21. The molecule has 1 N–H and O–H groups in total. The highest BCUT2D eigenvalue weighted by atomic mass is 32.1. The largest absolute Gasteiger partial charge is 0.459 e. The number of ether oxygens (including phenoxy) is 1. The quantitative estimate of drug-likeness (QED) is 0.302. The summed E-state index contributed by atoms with van der Waals surface area (Å²) < 4.78 is 5.41. The van der Waals surface area contributed by atoms with Gasteiger partial charge in [0, 0.05) is 23.1 Å². The molecule has 1 amide bonds. The fourth-order valence-electron chi connectivity index (χ4n) is 3.40. The van der Waals surface area contributed by atoms with Crippen molar-refractivity contribution in [1.82, 2.24) is 0 Å². The van der Waals surface area contributed by atoms with Gasteiger partial charge >= 0.3 is 5.97 Å². The summed E-state index contributed by atoms with van der Waals surface area (Å²) in [6, 6.07) is 6.01. The minimum Gasteiger partial charge on any atom is -0.459 e. The van der Waals surface area contributed by atoms with Crippen molar-refractivity contribution in [2.75, 3.05) is 5.32 Å². The number of esters is 1. The molecule has 0 aliphatic heterocycles. The Bertz CT molecular complexity index is 1010. The van der Waals surface area contributed by atoms with Gasteiger partial charge in [-0.25, -0.2) is 4.79 Å². The molecule has 0 fully saturated rings. The minimum absolute atomic E-state index is 0.0451. The second-order valence-corrected chi connectivity index (χ2v) is 8.79. The average Bonchev–Trinajstić information content (AvgIpc) is 3.02. The Morgan fingerprint density at radius 1 is 1.37 bits per heavy atom. The van der Waals surface area contributed by atoms with Crippen LogP contribution < -0.4 is 5.32 Å². The van der Waals surface area contributed by atoms with Crippen LogP contribution in [0.3, 0.4) is 0 Å². The van der Waals surface area contributed by atoms with Gasteiger partial charge in [-0.2, -0.15) is 0 Å². The lowest BCUT2D eigenvalue weighted by Gasteiger charge is -2.18. The first-order chi connectivity index (χ1) is 14.2. The fraction of sp³-hybridized carbons (Fsp3) is 0.364. The molecule has 1 aliphatic carbocycles. The van der Waals surface area contributed by atoms with Crippen LogP contribution in [-0.4, -0.2) is 22.9 Å². The van der Waals surface area contributed by atoms with E-state index in [1.54, 1.807) is 26.0 Å². The molecule has 0 spiro atoms. The lowest BCUT2D eigenvalue weighted by atomic mass is 9.88. The van der Waals surface area contributed by atoms with Crippen LogP contribution >= 0.6 is 11.3 Å². The van der Waals surface area contributed by atoms with Gasteiger partial charge in [-0.05, 0) is 56.2 Å². The Hall–Kier alpha value is -3.00. The molecule has 0 saturated heterocycles. The van der Waals surface area contributed by atoms with E-state index >= 15 is 0 Å².